The maximum atomic E-state index is 11.6. The number of hydrogen-bond donors (Lipinski definition) is 2. The highest BCUT2D eigenvalue weighted by Crippen LogP contribution is 2.03. The summed E-state index contributed by atoms with van der Waals surface area (Å²) in [5.74, 6) is 0.449. The minimum atomic E-state index is -0.0210. The van der Waals surface area contributed by atoms with Crippen molar-refractivity contribution in [3.8, 4) is 0 Å². The van der Waals surface area contributed by atoms with Gasteiger partial charge in [0.1, 0.15) is 0 Å². The summed E-state index contributed by atoms with van der Waals surface area (Å²) in [7, 11) is 0. The lowest BCUT2D eigenvalue weighted by Gasteiger charge is -2.07. The number of amides is 1. The number of nitrogens with one attached hydrogen (secondary N) is 1. The molecule has 0 fully saturated rings. The monoisotopic (exact) mass is 242 g/mol. The van der Waals surface area contributed by atoms with Crippen LogP contribution in [0, 0.1) is 5.92 Å². The highest BCUT2D eigenvalue weighted by Gasteiger charge is 2.04. The second-order valence-electron chi connectivity index (χ2n) is 4.00. The second kappa shape index (κ2) is 7.25. The Kier molecular flexibility index (Phi) is 6.77. The quantitative estimate of drug-likeness (QED) is 0.848. The fourth-order valence-electron chi connectivity index (χ4n) is 1.19. The van der Waals surface area contributed by atoms with Gasteiger partial charge in [0.05, 0.1) is 0 Å². The van der Waals surface area contributed by atoms with Crippen LogP contribution >= 0.6 is 12.4 Å². The van der Waals surface area contributed by atoms with E-state index in [1.165, 1.54) is 0 Å². The van der Waals surface area contributed by atoms with Gasteiger partial charge in [-0.15, -0.1) is 12.4 Å². The molecule has 4 heteroatoms. The van der Waals surface area contributed by atoms with Crippen LogP contribution < -0.4 is 11.1 Å². The van der Waals surface area contributed by atoms with Gasteiger partial charge in [0.2, 0.25) is 0 Å². The van der Waals surface area contributed by atoms with Gasteiger partial charge >= 0.3 is 0 Å². The molecule has 0 aliphatic heterocycles. The van der Waals surface area contributed by atoms with E-state index < -0.39 is 0 Å². The fourth-order valence-corrected chi connectivity index (χ4v) is 1.19. The molecule has 0 heterocycles. The molecule has 0 saturated carbocycles. The molecule has 1 rings (SSSR count). The van der Waals surface area contributed by atoms with E-state index in [0.29, 0.717) is 24.6 Å². The zero-order valence-electron chi connectivity index (χ0n) is 9.69. The fraction of sp³-hybridized carbons (Fsp3) is 0.417. The first-order valence-corrected chi connectivity index (χ1v) is 5.20. The van der Waals surface area contributed by atoms with Crippen molar-refractivity contribution in [2.24, 2.45) is 11.7 Å². The summed E-state index contributed by atoms with van der Waals surface area (Å²) >= 11 is 0. The van der Waals surface area contributed by atoms with Gasteiger partial charge in [-0.2, -0.15) is 0 Å². The number of nitrogens with two attached hydrogens (primary N) is 1. The Bertz CT molecular complexity index is 322. The van der Waals surface area contributed by atoms with Crippen molar-refractivity contribution >= 4 is 18.3 Å². The van der Waals surface area contributed by atoms with Crippen LogP contribution in [-0.4, -0.2) is 12.5 Å². The minimum Gasteiger partial charge on any atom is -0.352 e. The maximum absolute atomic E-state index is 11.6. The first-order chi connectivity index (χ1) is 7.13. The van der Waals surface area contributed by atoms with Crippen LogP contribution in [0.2, 0.25) is 0 Å². The van der Waals surface area contributed by atoms with Crippen molar-refractivity contribution < 1.29 is 4.79 Å². The first-order valence-electron chi connectivity index (χ1n) is 5.20. The van der Waals surface area contributed by atoms with Crippen molar-refractivity contribution in [2.75, 3.05) is 6.54 Å². The summed E-state index contributed by atoms with van der Waals surface area (Å²) in [5, 5.41) is 2.87. The topological polar surface area (TPSA) is 55.1 Å². The standard InChI is InChI=1S/C12H18N2O.ClH/c1-9(2)8-14-12(15)11-5-3-10(7-13)4-6-11;/h3-6,9H,7-8,13H2,1-2H3,(H,14,15);1H. The van der Waals surface area contributed by atoms with Gasteiger partial charge in [-0.25, -0.2) is 0 Å². The molecule has 16 heavy (non-hydrogen) atoms. The molecule has 90 valence electrons. The molecule has 0 radical (unpaired) electrons. The lowest BCUT2D eigenvalue weighted by Crippen LogP contribution is -2.27. The van der Waals surface area contributed by atoms with E-state index in [-0.39, 0.29) is 18.3 Å². The van der Waals surface area contributed by atoms with Gasteiger partial charge in [0.25, 0.3) is 5.91 Å². The van der Waals surface area contributed by atoms with Crippen LogP contribution in [0.15, 0.2) is 24.3 Å². The Labute approximate surface area is 103 Å². The summed E-state index contributed by atoms with van der Waals surface area (Å²) < 4.78 is 0. The number of benzene rings is 1. The smallest absolute Gasteiger partial charge is 0.251 e. The molecule has 0 aromatic heterocycles. The van der Waals surface area contributed by atoms with E-state index >= 15 is 0 Å². The molecule has 0 aliphatic carbocycles. The van der Waals surface area contributed by atoms with Crippen LogP contribution in [0.1, 0.15) is 29.8 Å². The van der Waals surface area contributed by atoms with Crippen LogP contribution in [-0.2, 0) is 6.54 Å². The van der Waals surface area contributed by atoms with Gasteiger partial charge < -0.3 is 11.1 Å². The van der Waals surface area contributed by atoms with Crippen molar-refractivity contribution in [3.63, 3.8) is 0 Å². The molecule has 0 spiro atoms. The summed E-state index contributed by atoms with van der Waals surface area (Å²) in [4.78, 5) is 11.6. The van der Waals surface area contributed by atoms with Crippen molar-refractivity contribution in [1.82, 2.24) is 5.32 Å². The van der Waals surface area contributed by atoms with Crippen LogP contribution in [0.5, 0.6) is 0 Å². The van der Waals surface area contributed by atoms with Gasteiger partial charge in [-0.3, -0.25) is 4.79 Å². The highest BCUT2D eigenvalue weighted by atomic mass is 35.5. The van der Waals surface area contributed by atoms with Crippen molar-refractivity contribution in [1.29, 1.82) is 0 Å². The maximum Gasteiger partial charge on any atom is 0.251 e. The van der Waals surface area contributed by atoms with E-state index in [1.807, 2.05) is 12.1 Å². The Morgan fingerprint density at radius 2 is 1.88 bits per heavy atom. The lowest BCUT2D eigenvalue weighted by molar-refractivity contribution is 0.0949. The zero-order valence-corrected chi connectivity index (χ0v) is 10.5. The first kappa shape index (κ1) is 14.9. The molecule has 1 amide bonds. The van der Waals surface area contributed by atoms with E-state index in [0.717, 1.165) is 5.56 Å². The molecule has 3 nitrogen and oxygen atoms in total. The minimum absolute atomic E-state index is 0. The Morgan fingerprint density at radius 3 is 2.31 bits per heavy atom. The molecule has 0 unspecified atom stereocenters. The summed E-state index contributed by atoms with van der Waals surface area (Å²) in [6.07, 6.45) is 0. The largest absolute Gasteiger partial charge is 0.352 e. The highest BCUT2D eigenvalue weighted by molar-refractivity contribution is 5.94. The molecule has 3 N–H and O–H groups in total. The predicted octanol–water partition coefficient (Wildman–Crippen LogP) is 1.95. The van der Waals surface area contributed by atoms with Gasteiger partial charge in [0, 0.05) is 18.7 Å². The van der Waals surface area contributed by atoms with E-state index in [2.05, 4.69) is 19.2 Å². The van der Waals surface area contributed by atoms with E-state index in [4.69, 9.17) is 5.73 Å². The summed E-state index contributed by atoms with van der Waals surface area (Å²) in [5.41, 5.74) is 7.20. The third-order valence-electron chi connectivity index (χ3n) is 2.12. The molecule has 0 aliphatic rings. The Hall–Kier alpha value is -1.06. The third-order valence-corrected chi connectivity index (χ3v) is 2.12. The number of rotatable bonds is 4. The number of hydrogen-bond acceptors (Lipinski definition) is 2. The molecule has 0 saturated heterocycles. The molecule has 1 aromatic carbocycles. The zero-order chi connectivity index (χ0) is 11.3. The van der Waals surface area contributed by atoms with Crippen molar-refractivity contribution in [3.05, 3.63) is 35.4 Å². The molecular weight excluding hydrogens is 224 g/mol. The van der Waals surface area contributed by atoms with Gasteiger partial charge in [-0.05, 0) is 23.6 Å². The van der Waals surface area contributed by atoms with Gasteiger partial charge in [-0.1, -0.05) is 26.0 Å². The number of carbonyl (C=O) groups is 1. The summed E-state index contributed by atoms with van der Waals surface area (Å²) in [6, 6.07) is 7.37. The van der Waals surface area contributed by atoms with Crippen LogP contribution in [0.4, 0.5) is 0 Å². The molecular formula is C12H19ClN2O. The third kappa shape index (κ3) is 4.64. The number of halogens is 1. The van der Waals surface area contributed by atoms with Crippen LogP contribution in [0.3, 0.4) is 0 Å². The molecule has 0 bridgehead atoms. The number of carbonyl (C=O) groups excluding carboxylic acids is 1. The average molecular weight is 243 g/mol. The van der Waals surface area contributed by atoms with Crippen molar-refractivity contribution in [2.45, 2.75) is 20.4 Å². The summed E-state index contributed by atoms with van der Waals surface area (Å²) in [6.45, 7) is 5.35. The molecule has 1 aromatic rings. The average Bonchev–Trinajstić information content (AvgIpc) is 2.26. The lowest BCUT2D eigenvalue weighted by atomic mass is 10.1. The SMILES string of the molecule is CC(C)CNC(=O)c1ccc(CN)cc1.Cl. The predicted molar refractivity (Wildman–Crippen MR) is 68.8 cm³/mol. The Balaban J connectivity index is 0.00000225. The van der Waals surface area contributed by atoms with Gasteiger partial charge in [0.15, 0.2) is 0 Å². The Morgan fingerprint density at radius 1 is 1.31 bits per heavy atom. The van der Waals surface area contributed by atoms with E-state index in [1.54, 1.807) is 12.1 Å². The van der Waals surface area contributed by atoms with Crippen LogP contribution in [0.25, 0.3) is 0 Å². The van der Waals surface area contributed by atoms with E-state index in [9.17, 15) is 4.79 Å². The molecule has 0 atom stereocenters. The normalized spacial score (nSPS) is 9.75. The second-order valence-corrected chi connectivity index (χ2v) is 4.00.